The van der Waals surface area contributed by atoms with Crippen LogP contribution in [0.4, 0.5) is 0 Å². The van der Waals surface area contributed by atoms with E-state index in [9.17, 15) is 0 Å². The van der Waals surface area contributed by atoms with E-state index in [1.807, 2.05) is 19.9 Å². The van der Waals surface area contributed by atoms with Gasteiger partial charge >= 0.3 is 0 Å². The first kappa shape index (κ1) is 10.1. The highest BCUT2D eigenvalue weighted by Crippen LogP contribution is 2.19. The fourth-order valence-electron chi connectivity index (χ4n) is 0.797. The molecule has 0 aliphatic carbocycles. The molecule has 0 saturated heterocycles. The number of hydrogen-bond donors (Lipinski definition) is 1. The van der Waals surface area contributed by atoms with Gasteiger partial charge in [0, 0.05) is 5.92 Å². The van der Waals surface area contributed by atoms with Gasteiger partial charge in [-0.2, -0.15) is 9.64 Å². The molecule has 70 valence electrons. The molecule has 1 heterocycles. The molecule has 0 aliphatic heterocycles. The van der Waals surface area contributed by atoms with Gasteiger partial charge in [0.15, 0.2) is 0 Å². The lowest BCUT2D eigenvalue weighted by Gasteiger charge is -1.98. The third-order valence-corrected chi connectivity index (χ3v) is 2.45. The minimum Gasteiger partial charge on any atom is -0.395 e. The summed E-state index contributed by atoms with van der Waals surface area (Å²) >= 11 is 1.19. The SMILES string of the molecule is CC(C)c1nsc(C(C#N)CO)n1. The second kappa shape index (κ2) is 4.30. The molecular formula is C8H11N3OS. The third kappa shape index (κ3) is 2.23. The highest BCUT2D eigenvalue weighted by molar-refractivity contribution is 7.05. The van der Waals surface area contributed by atoms with Crippen molar-refractivity contribution >= 4 is 11.5 Å². The monoisotopic (exact) mass is 197 g/mol. The van der Waals surface area contributed by atoms with Gasteiger partial charge in [-0.1, -0.05) is 13.8 Å². The van der Waals surface area contributed by atoms with Crippen LogP contribution in [-0.2, 0) is 0 Å². The Hall–Kier alpha value is -0.990. The maximum Gasteiger partial charge on any atom is 0.145 e. The summed E-state index contributed by atoms with van der Waals surface area (Å²) in [5.41, 5.74) is 0. The van der Waals surface area contributed by atoms with Crippen LogP contribution in [0.15, 0.2) is 0 Å². The second-order valence-corrected chi connectivity index (χ2v) is 3.79. The third-order valence-electron chi connectivity index (χ3n) is 1.61. The normalized spacial score (nSPS) is 12.8. The molecule has 1 atom stereocenters. The lowest BCUT2D eigenvalue weighted by atomic mass is 10.2. The Kier molecular flexibility index (Phi) is 3.34. The van der Waals surface area contributed by atoms with Crippen molar-refractivity contribution in [3.8, 4) is 6.07 Å². The number of nitrogens with zero attached hydrogens (tertiary/aromatic N) is 3. The van der Waals surface area contributed by atoms with Crippen molar-refractivity contribution in [1.29, 1.82) is 5.26 Å². The van der Waals surface area contributed by atoms with Gasteiger partial charge in [-0.25, -0.2) is 4.98 Å². The van der Waals surface area contributed by atoms with Crippen LogP contribution in [0.3, 0.4) is 0 Å². The summed E-state index contributed by atoms with van der Waals surface area (Å²) < 4.78 is 4.10. The van der Waals surface area contributed by atoms with E-state index in [0.29, 0.717) is 5.01 Å². The van der Waals surface area contributed by atoms with E-state index in [0.717, 1.165) is 5.82 Å². The Labute approximate surface area is 81.0 Å². The van der Waals surface area contributed by atoms with Crippen LogP contribution < -0.4 is 0 Å². The quantitative estimate of drug-likeness (QED) is 0.792. The Morgan fingerprint density at radius 3 is 2.69 bits per heavy atom. The zero-order valence-corrected chi connectivity index (χ0v) is 8.38. The van der Waals surface area contributed by atoms with Crippen molar-refractivity contribution < 1.29 is 5.11 Å². The van der Waals surface area contributed by atoms with Crippen molar-refractivity contribution in [3.63, 3.8) is 0 Å². The molecule has 0 aliphatic rings. The predicted molar refractivity (Wildman–Crippen MR) is 49.4 cm³/mol. The molecule has 4 nitrogen and oxygen atoms in total. The average Bonchev–Trinajstić information content (AvgIpc) is 2.56. The van der Waals surface area contributed by atoms with Crippen LogP contribution in [-0.4, -0.2) is 21.1 Å². The van der Waals surface area contributed by atoms with Crippen LogP contribution in [0, 0.1) is 11.3 Å². The molecule has 1 rings (SSSR count). The largest absolute Gasteiger partial charge is 0.395 e. The molecule has 0 bridgehead atoms. The molecule has 5 heteroatoms. The first-order valence-corrected chi connectivity index (χ1v) is 4.80. The molecule has 0 radical (unpaired) electrons. The number of hydrogen-bond acceptors (Lipinski definition) is 5. The van der Waals surface area contributed by atoms with E-state index in [1.165, 1.54) is 11.5 Å². The molecule has 0 fully saturated rings. The van der Waals surface area contributed by atoms with Crippen LogP contribution in [0.1, 0.15) is 36.5 Å². The molecular weight excluding hydrogens is 186 g/mol. The highest BCUT2D eigenvalue weighted by Gasteiger charge is 2.16. The standard InChI is InChI=1S/C8H11N3OS/c1-5(2)7-10-8(13-11-7)6(3-9)4-12/h5-6,12H,4H2,1-2H3. The average molecular weight is 197 g/mol. The number of nitriles is 1. The molecule has 0 saturated carbocycles. The van der Waals surface area contributed by atoms with E-state index >= 15 is 0 Å². The summed E-state index contributed by atoms with van der Waals surface area (Å²) in [5, 5.41) is 18.1. The van der Waals surface area contributed by atoms with Gasteiger partial charge in [-0.15, -0.1) is 0 Å². The predicted octanol–water partition coefficient (Wildman–Crippen LogP) is 1.26. The molecule has 1 unspecified atom stereocenters. The number of aliphatic hydroxyl groups is 1. The van der Waals surface area contributed by atoms with Crippen molar-refractivity contribution in [2.45, 2.75) is 25.7 Å². The summed E-state index contributed by atoms with van der Waals surface area (Å²) in [7, 11) is 0. The minimum atomic E-state index is -0.523. The maximum absolute atomic E-state index is 8.84. The van der Waals surface area contributed by atoms with E-state index in [2.05, 4.69) is 9.36 Å². The molecule has 0 aromatic carbocycles. The lowest BCUT2D eigenvalue weighted by molar-refractivity contribution is 0.285. The van der Waals surface area contributed by atoms with Gasteiger partial charge < -0.3 is 5.11 Å². The summed E-state index contributed by atoms with van der Waals surface area (Å²) in [5.74, 6) is 0.488. The van der Waals surface area contributed by atoms with Gasteiger partial charge in [-0.05, 0) is 11.5 Å². The zero-order valence-electron chi connectivity index (χ0n) is 7.56. The van der Waals surface area contributed by atoms with E-state index in [-0.39, 0.29) is 12.5 Å². The topological polar surface area (TPSA) is 69.8 Å². The van der Waals surface area contributed by atoms with Crippen LogP contribution in [0.5, 0.6) is 0 Å². The van der Waals surface area contributed by atoms with Crippen molar-refractivity contribution in [3.05, 3.63) is 10.8 Å². The van der Waals surface area contributed by atoms with Crippen molar-refractivity contribution in [1.82, 2.24) is 9.36 Å². The van der Waals surface area contributed by atoms with Gasteiger partial charge in [-0.3, -0.25) is 0 Å². The Balaban J connectivity index is 2.85. The summed E-state index contributed by atoms with van der Waals surface area (Å²) in [4.78, 5) is 4.18. The molecule has 0 spiro atoms. The van der Waals surface area contributed by atoms with Crippen LogP contribution in [0.2, 0.25) is 0 Å². The molecule has 1 aromatic rings. The first-order chi connectivity index (χ1) is 6.19. The van der Waals surface area contributed by atoms with E-state index in [4.69, 9.17) is 10.4 Å². The first-order valence-electron chi connectivity index (χ1n) is 4.03. The molecule has 1 aromatic heterocycles. The Morgan fingerprint density at radius 2 is 2.31 bits per heavy atom. The molecule has 1 N–H and O–H groups in total. The smallest absolute Gasteiger partial charge is 0.145 e. The summed E-state index contributed by atoms with van der Waals surface area (Å²) in [6, 6.07) is 1.98. The summed E-state index contributed by atoms with van der Waals surface area (Å²) in [6.45, 7) is 3.79. The van der Waals surface area contributed by atoms with E-state index < -0.39 is 5.92 Å². The second-order valence-electron chi connectivity index (χ2n) is 3.01. The van der Waals surface area contributed by atoms with Crippen LogP contribution in [0.25, 0.3) is 0 Å². The van der Waals surface area contributed by atoms with E-state index in [1.54, 1.807) is 0 Å². The van der Waals surface area contributed by atoms with Gasteiger partial charge in [0.25, 0.3) is 0 Å². The highest BCUT2D eigenvalue weighted by atomic mass is 32.1. The number of aliphatic hydroxyl groups excluding tert-OH is 1. The Bertz CT molecular complexity index is 315. The lowest BCUT2D eigenvalue weighted by Crippen LogP contribution is -2.01. The van der Waals surface area contributed by atoms with Gasteiger partial charge in [0.1, 0.15) is 16.7 Å². The fraction of sp³-hybridized carbons (Fsp3) is 0.625. The zero-order chi connectivity index (χ0) is 9.84. The maximum atomic E-state index is 8.84. The van der Waals surface area contributed by atoms with Crippen molar-refractivity contribution in [2.75, 3.05) is 6.61 Å². The molecule has 13 heavy (non-hydrogen) atoms. The number of rotatable bonds is 3. The Morgan fingerprint density at radius 1 is 1.62 bits per heavy atom. The minimum absolute atomic E-state index is 0.191. The van der Waals surface area contributed by atoms with Gasteiger partial charge in [0.2, 0.25) is 0 Å². The van der Waals surface area contributed by atoms with Crippen molar-refractivity contribution in [2.24, 2.45) is 0 Å². The fourth-order valence-corrected chi connectivity index (χ4v) is 1.62. The number of aromatic nitrogens is 2. The molecule has 0 amide bonds. The summed E-state index contributed by atoms with van der Waals surface area (Å²) in [6.07, 6.45) is 0. The van der Waals surface area contributed by atoms with Crippen LogP contribution >= 0.6 is 11.5 Å². The van der Waals surface area contributed by atoms with Gasteiger partial charge in [0.05, 0.1) is 12.7 Å².